The molecule has 0 aliphatic carbocycles. The summed E-state index contributed by atoms with van der Waals surface area (Å²) in [6, 6.07) is 9.93. The summed E-state index contributed by atoms with van der Waals surface area (Å²) in [5.74, 6) is 0.0288. The summed E-state index contributed by atoms with van der Waals surface area (Å²) in [7, 11) is -3.63. The number of hydrogen-bond acceptors (Lipinski definition) is 5. The molecule has 2 aromatic rings. The lowest BCUT2D eigenvalue weighted by atomic mass is 10.1. The Morgan fingerprint density at radius 3 is 2.43 bits per heavy atom. The molecule has 2 aliphatic heterocycles. The van der Waals surface area contributed by atoms with E-state index in [0.717, 1.165) is 19.3 Å². The van der Waals surface area contributed by atoms with Gasteiger partial charge in [0.15, 0.2) is 11.5 Å². The fourth-order valence-corrected chi connectivity index (χ4v) is 5.54. The van der Waals surface area contributed by atoms with Gasteiger partial charge in [0.1, 0.15) is 0 Å². The molecule has 0 spiro atoms. The van der Waals surface area contributed by atoms with Crippen molar-refractivity contribution < 1.29 is 22.7 Å². The second kappa shape index (κ2) is 7.59. The Labute approximate surface area is 177 Å². The van der Waals surface area contributed by atoms with Gasteiger partial charge in [-0.3, -0.25) is 4.79 Å². The second-order valence-electron chi connectivity index (χ2n) is 8.16. The van der Waals surface area contributed by atoms with Crippen LogP contribution in [0.2, 0.25) is 0 Å². The minimum atomic E-state index is -3.63. The van der Waals surface area contributed by atoms with Crippen molar-refractivity contribution in [2.45, 2.75) is 50.7 Å². The van der Waals surface area contributed by atoms with Gasteiger partial charge in [0, 0.05) is 44.3 Å². The van der Waals surface area contributed by atoms with Crippen molar-refractivity contribution in [3.63, 3.8) is 0 Å². The van der Waals surface area contributed by atoms with E-state index in [2.05, 4.69) is 5.32 Å². The molecule has 7 nitrogen and oxygen atoms in total. The predicted octanol–water partition coefficient (Wildman–Crippen LogP) is 3.93. The molecule has 1 N–H and O–H groups in total. The number of anilines is 1. The van der Waals surface area contributed by atoms with Crippen molar-refractivity contribution in [2.24, 2.45) is 0 Å². The maximum Gasteiger partial charge on any atom is 0.255 e. The molecule has 8 heteroatoms. The number of ether oxygens (including phenoxy) is 2. The van der Waals surface area contributed by atoms with Crippen molar-refractivity contribution in [3.8, 4) is 11.5 Å². The van der Waals surface area contributed by atoms with Crippen LogP contribution < -0.4 is 14.8 Å². The van der Waals surface area contributed by atoms with E-state index in [1.165, 1.54) is 10.4 Å². The first-order valence-corrected chi connectivity index (χ1v) is 11.5. The third kappa shape index (κ3) is 4.02. The summed E-state index contributed by atoms with van der Waals surface area (Å²) in [5.41, 5.74) is 1.46. The van der Waals surface area contributed by atoms with Gasteiger partial charge in [-0.05, 0) is 49.6 Å². The summed E-state index contributed by atoms with van der Waals surface area (Å²) < 4.78 is 39.1. The van der Waals surface area contributed by atoms with Crippen LogP contribution in [-0.2, 0) is 10.0 Å². The molecule has 1 fully saturated rings. The maximum atomic E-state index is 13.1. The highest BCUT2D eigenvalue weighted by molar-refractivity contribution is 7.89. The molecule has 2 aliphatic rings. The van der Waals surface area contributed by atoms with Crippen LogP contribution in [0.4, 0.5) is 5.69 Å². The fourth-order valence-electron chi connectivity index (χ4n) is 3.77. The minimum absolute atomic E-state index is 0.185. The molecule has 0 aromatic heterocycles. The maximum absolute atomic E-state index is 13.1. The standard InChI is InChI=1S/C22H26N2O5S/c1-15-7-8-16(13-20(15)30(26,27)24-11-5-4-6-12-24)21(25)23-17-9-10-18-19(14-17)29-22(2,3)28-18/h7-10,13-14H,4-6,11-12H2,1-3H3,(H,23,25). The lowest BCUT2D eigenvalue weighted by Crippen LogP contribution is -2.36. The summed E-state index contributed by atoms with van der Waals surface area (Å²) in [5, 5.41) is 2.81. The Bertz CT molecular complexity index is 1090. The van der Waals surface area contributed by atoms with Crippen LogP contribution in [0, 0.1) is 6.92 Å². The normalized spacial score (nSPS) is 18.2. The molecule has 1 amide bonds. The van der Waals surface area contributed by atoms with Gasteiger partial charge in [0.2, 0.25) is 15.8 Å². The van der Waals surface area contributed by atoms with Crippen molar-refractivity contribution in [2.75, 3.05) is 18.4 Å². The van der Waals surface area contributed by atoms with Gasteiger partial charge in [-0.2, -0.15) is 4.31 Å². The van der Waals surface area contributed by atoms with E-state index >= 15 is 0 Å². The van der Waals surface area contributed by atoms with E-state index in [1.807, 2.05) is 13.8 Å². The SMILES string of the molecule is Cc1ccc(C(=O)Nc2ccc3c(c2)OC(C)(C)O3)cc1S(=O)(=O)N1CCCCC1. The summed E-state index contributed by atoms with van der Waals surface area (Å²) in [6.45, 7) is 6.40. The smallest absolute Gasteiger partial charge is 0.255 e. The number of carbonyl (C=O) groups excluding carboxylic acids is 1. The van der Waals surface area contributed by atoms with Crippen LogP contribution in [0.25, 0.3) is 0 Å². The van der Waals surface area contributed by atoms with E-state index in [4.69, 9.17) is 9.47 Å². The first kappa shape index (κ1) is 20.7. The topological polar surface area (TPSA) is 84.9 Å². The Balaban J connectivity index is 1.57. The number of sulfonamides is 1. The number of rotatable bonds is 4. The number of carbonyl (C=O) groups is 1. The molecule has 160 valence electrons. The van der Waals surface area contributed by atoms with Gasteiger partial charge in [0.05, 0.1) is 4.90 Å². The van der Waals surface area contributed by atoms with E-state index in [0.29, 0.717) is 35.8 Å². The van der Waals surface area contributed by atoms with E-state index in [-0.39, 0.29) is 16.4 Å². The van der Waals surface area contributed by atoms with Crippen molar-refractivity contribution in [3.05, 3.63) is 47.5 Å². The van der Waals surface area contributed by atoms with E-state index in [9.17, 15) is 13.2 Å². The molecule has 0 saturated carbocycles. The number of piperidine rings is 1. The Morgan fingerprint density at radius 2 is 1.70 bits per heavy atom. The number of nitrogens with one attached hydrogen (secondary N) is 1. The molecule has 0 bridgehead atoms. The van der Waals surface area contributed by atoms with Crippen LogP contribution in [0.5, 0.6) is 11.5 Å². The second-order valence-corrected chi connectivity index (χ2v) is 10.1. The number of fused-ring (bicyclic) bond motifs is 1. The Morgan fingerprint density at radius 1 is 1.00 bits per heavy atom. The van der Waals surface area contributed by atoms with Crippen molar-refractivity contribution in [1.29, 1.82) is 0 Å². The average molecular weight is 431 g/mol. The van der Waals surface area contributed by atoms with Crippen LogP contribution in [0.1, 0.15) is 49.0 Å². The number of hydrogen-bond donors (Lipinski definition) is 1. The van der Waals surface area contributed by atoms with Gasteiger partial charge < -0.3 is 14.8 Å². The summed E-state index contributed by atoms with van der Waals surface area (Å²) in [4.78, 5) is 13.0. The number of benzene rings is 2. The molecular formula is C22H26N2O5S. The van der Waals surface area contributed by atoms with Crippen LogP contribution >= 0.6 is 0 Å². The molecule has 30 heavy (non-hydrogen) atoms. The molecule has 1 saturated heterocycles. The zero-order valence-corrected chi connectivity index (χ0v) is 18.2. The van der Waals surface area contributed by atoms with Crippen LogP contribution in [-0.4, -0.2) is 37.5 Å². The molecule has 2 heterocycles. The van der Waals surface area contributed by atoms with Gasteiger partial charge in [-0.15, -0.1) is 0 Å². The Hall–Kier alpha value is -2.58. The molecule has 0 radical (unpaired) electrons. The minimum Gasteiger partial charge on any atom is -0.449 e. The van der Waals surface area contributed by atoms with Gasteiger partial charge in [-0.1, -0.05) is 12.5 Å². The van der Waals surface area contributed by atoms with E-state index < -0.39 is 15.8 Å². The molecule has 4 rings (SSSR count). The quantitative estimate of drug-likeness (QED) is 0.794. The largest absolute Gasteiger partial charge is 0.449 e. The lowest BCUT2D eigenvalue weighted by Gasteiger charge is -2.26. The predicted molar refractivity (Wildman–Crippen MR) is 114 cm³/mol. The van der Waals surface area contributed by atoms with Crippen LogP contribution in [0.15, 0.2) is 41.3 Å². The van der Waals surface area contributed by atoms with Crippen LogP contribution in [0.3, 0.4) is 0 Å². The first-order valence-electron chi connectivity index (χ1n) is 10.1. The third-order valence-corrected chi connectivity index (χ3v) is 7.34. The summed E-state index contributed by atoms with van der Waals surface area (Å²) in [6.07, 6.45) is 2.76. The van der Waals surface area contributed by atoms with E-state index in [1.54, 1.807) is 37.3 Å². The summed E-state index contributed by atoms with van der Waals surface area (Å²) >= 11 is 0. The molecular weight excluding hydrogens is 404 g/mol. The zero-order valence-electron chi connectivity index (χ0n) is 17.4. The number of aryl methyl sites for hydroxylation is 1. The number of amides is 1. The highest BCUT2D eigenvalue weighted by atomic mass is 32.2. The average Bonchev–Trinajstić information content (AvgIpc) is 3.02. The monoisotopic (exact) mass is 430 g/mol. The molecule has 0 unspecified atom stereocenters. The fraction of sp³-hybridized carbons (Fsp3) is 0.409. The zero-order chi connectivity index (χ0) is 21.5. The highest BCUT2D eigenvalue weighted by Gasteiger charge is 2.32. The lowest BCUT2D eigenvalue weighted by molar-refractivity contribution is -0.0431. The van der Waals surface area contributed by atoms with Gasteiger partial charge >= 0.3 is 0 Å². The molecule has 2 aromatic carbocycles. The number of nitrogens with zero attached hydrogens (tertiary/aromatic N) is 1. The molecule has 0 atom stereocenters. The van der Waals surface area contributed by atoms with Crippen molar-refractivity contribution >= 4 is 21.6 Å². The highest BCUT2D eigenvalue weighted by Crippen LogP contribution is 2.40. The van der Waals surface area contributed by atoms with Gasteiger partial charge in [0.25, 0.3) is 5.91 Å². The third-order valence-electron chi connectivity index (χ3n) is 5.30. The first-order chi connectivity index (χ1) is 14.2. The van der Waals surface area contributed by atoms with Gasteiger partial charge in [-0.25, -0.2) is 8.42 Å². The Kier molecular flexibility index (Phi) is 5.23. The van der Waals surface area contributed by atoms with Crippen molar-refractivity contribution in [1.82, 2.24) is 4.31 Å².